The van der Waals surface area contributed by atoms with Crippen LogP contribution in [-0.4, -0.2) is 148 Å². The van der Waals surface area contributed by atoms with Gasteiger partial charge >= 0.3 is 125 Å². The average molecular weight is 1010 g/mol. The molecule has 0 aliphatic carbocycles. The number of methoxy groups -OCH3 is 1. The molecule has 0 saturated heterocycles. The number of hydrogen-bond donors (Lipinski definition) is 5. The number of carbonyl (C=O) groups is 6. The van der Waals surface area contributed by atoms with Crippen molar-refractivity contribution in [3.63, 3.8) is 0 Å². The van der Waals surface area contributed by atoms with Crippen molar-refractivity contribution in [1.82, 2.24) is 29.2 Å². The number of primary amides is 1. The van der Waals surface area contributed by atoms with Crippen molar-refractivity contribution in [3.05, 3.63) is 41.7 Å². The molecule has 0 unspecified atom stereocenters. The number of alkyl halides is 1. The van der Waals surface area contributed by atoms with Gasteiger partial charge in [-0.2, -0.15) is 0 Å². The Labute approximate surface area is 381 Å². The van der Waals surface area contributed by atoms with Crippen molar-refractivity contribution in [2.24, 2.45) is 17.6 Å². The fourth-order valence-corrected chi connectivity index (χ4v) is 6.75. The summed E-state index contributed by atoms with van der Waals surface area (Å²) in [5, 5.41) is 16.3. The predicted octanol–water partition coefficient (Wildman–Crippen LogP) is 2.00. The number of anilines is 1. The monoisotopic (exact) mass is 1010 g/mol. The van der Waals surface area contributed by atoms with Gasteiger partial charge in [-0.15, -0.1) is 5.10 Å². The van der Waals surface area contributed by atoms with E-state index < -0.39 is 39.3 Å². The van der Waals surface area contributed by atoms with Gasteiger partial charge in [-0.25, -0.2) is 9.48 Å². The summed E-state index contributed by atoms with van der Waals surface area (Å²) in [6.45, 7) is 9.25. The quantitative estimate of drug-likeness (QED) is 0.0279. The Morgan fingerprint density at radius 2 is 1.51 bits per heavy atom. The zero-order chi connectivity index (χ0) is 47.0. The molecule has 1 aromatic carbocycles. The first-order chi connectivity index (χ1) is 30.8. The molecule has 5 amide bonds. The fraction of sp³-hybridized carbons (Fsp3) is 0.667. The number of amides is 5. The number of ether oxygens (including phenoxy) is 6. The zero-order valence-corrected chi connectivity index (χ0v) is 39.3. The van der Waals surface area contributed by atoms with E-state index in [9.17, 15) is 28.8 Å². The predicted molar refractivity (Wildman–Crippen MR) is 244 cm³/mol. The van der Waals surface area contributed by atoms with Gasteiger partial charge in [-0.05, 0) is 18.8 Å². The van der Waals surface area contributed by atoms with E-state index in [4.69, 9.17) is 34.7 Å². The number of benzene rings is 1. The molecule has 2 rings (SSSR count). The standard InChI is InChI=1S/C42H69IN8O12/c1-5-43-48-39(55)30-63-18-14-32-8-10-34(11-9-32)46-41(56)33(7-6-16-45-42(44)57)27-37(53)40(31(2)3)47-38(54)15-19-59-21-23-61-25-26-62-24-22-60-20-17-51-28-35(49-50-51)12-13-36(52)29-58-4/h8-11,28,31,33,40,43H,5-7,12-27,29-30H2,1-4H3,(H,46,56)(H,47,54)(H,48,55)(H3,44,45,57)/t33-,40+/m1/s1/i43D. The molecule has 0 spiro atoms. The van der Waals surface area contributed by atoms with Crippen molar-refractivity contribution in [3.8, 4) is 0 Å². The second-order valence-electron chi connectivity index (χ2n) is 14.6. The minimum atomic E-state index is -2.14. The van der Waals surface area contributed by atoms with E-state index in [1.54, 1.807) is 23.0 Å². The zero-order valence-electron chi connectivity index (χ0n) is 38.2. The first-order valence-corrected chi connectivity index (χ1v) is 23.9. The molecule has 0 aliphatic rings. The number of nitrogens with zero attached hydrogens (tertiary/aromatic N) is 3. The topological polar surface area (TPSA) is 263 Å². The molecule has 0 fully saturated rings. The molecule has 1 aromatic heterocycles. The summed E-state index contributed by atoms with van der Waals surface area (Å²) in [5.41, 5.74) is 7.39. The third-order valence-corrected chi connectivity index (χ3v) is 10.8. The second kappa shape index (κ2) is 34.3. The van der Waals surface area contributed by atoms with Gasteiger partial charge in [-0.1, -0.05) is 19.1 Å². The number of ketones is 2. The molecule has 6 N–H and O–H groups in total. The Balaban J connectivity index is 1.66. The van der Waals surface area contributed by atoms with Crippen LogP contribution in [0.1, 0.15) is 64.1 Å². The van der Waals surface area contributed by atoms with Crippen LogP contribution in [0.4, 0.5) is 10.5 Å². The third kappa shape index (κ3) is 27.0. The Morgan fingerprint density at radius 3 is 2.14 bits per heavy atom. The van der Waals surface area contributed by atoms with Gasteiger partial charge in [0.25, 0.3) is 0 Å². The fourth-order valence-electron chi connectivity index (χ4n) is 5.79. The van der Waals surface area contributed by atoms with Gasteiger partial charge < -0.3 is 40.1 Å². The van der Waals surface area contributed by atoms with Gasteiger partial charge in [0, 0.05) is 51.5 Å². The molecule has 20 nitrogen and oxygen atoms in total. The Kier molecular flexibility index (Phi) is 29.0. The average Bonchev–Trinajstić information content (AvgIpc) is 3.72. The SMILES string of the molecule is [2H]I(CC)NC(=O)COCCc1ccc(NC(=O)[C@H](CCCNC(N)=O)CC(=O)[C@@H](NC(=O)CCOCCOCCOCCOCCn2cc(CCC(=O)COC)nn2)C(C)C)cc1. The van der Waals surface area contributed by atoms with Crippen LogP contribution in [0.5, 0.6) is 0 Å². The van der Waals surface area contributed by atoms with Gasteiger partial charge in [0.05, 0.1) is 71.1 Å². The molecule has 63 heavy (non-hydrogen) atoms. The van der Waals surface area contributed by atoms with Crippen LogP contribution >= 0.6 is 21.3 Å². The van der Waals surface area contributed by atoms with Crippen molar-refractivity contribution in [1.29, 1.82) is 0.594 Å². The number of halogens is 1. The van der Waals surface area contributed by atoms with E-state index in [1.807, 2.05) is 32.9 Å². The van der Waals surface area contributed by atoms with Crippen LogP contribution in [0.25, 0.3) is 0 Å². The summed E-state index contributed by atoms with van der Waals surface area (Å²) in [4.78, 5) is 74.6. The van der Waals surface area contributed by atoms with Crippen LogP contribution in [0.3, 0.4) is 0 Å². The number of aryl methyl sites for hydroxylation is 1. The van der Waals surface area contributed by atoms with Crippen LogP contribution in [0, 0.1) is 11.8 Å². The number of Topliss-reactive ketones (excluding diaryl/α,β-unsaturated/α-hetero) is 2. The summed E-state index contributed by atoms with van der Waals surface area (Å²) in [7, 11) is 1.49. The summed E-state index contributed by atoms with van der Waals surface area (Å²) in [6, 6.07) is 5.63. The number of aromatic nitrogens is 3. The minimum absolute atomic E-state index is 0.0172. The molecule has 0 radical (unpaired) electrons. The Morgan fingerprint density at radius 1 is 0.841 bits per heavy atom. The third-order valence-electron chi connectivity index (χ3n) is 9.08. The van der Waals surface area contributed by atoms with E-state index in [0.717, 1.165) is 11.3 Å². The molecule has 0 aliphatic heterocycles. The number of nitrogens with one attached hydrogen (secondary N) is 4. The molecule has 1 heterocycles. The maximum atomic E-state index is 13.6. The summed E-state index contributed by atoms with van der Waals surface area (Å²) >= 11 is -2.14. The number of rotatable bonds is 38. The molecule has 21 heteroatoms. The summed E-state index contributed by atoms with van der Waals surface area (Å²) in [6.07, 6.45) is 3.79. The molecular weight excluding hydrogens is 935 g/mol. The Hall–Kier alpha value is -4.13. The molecule has 356 valence electrons. The summed E-state index contributed by atoms with van der Waals surface area (Å²) < 4.78 is 45.2. The molecule has 0 saturated carbocycles. The van der Waals surface area contributed by atoms with Crippen LogP contribution < -0.4 is 25.2 Å². The molecular formula is C42H69IN8O12. The number of urea groups is 1. The normalized spacial score (nSPS) is 12.6. The molecule has 2 atom stereocenters. The van der Waals surface area contributed by atoms with Crippen LogP contribution in [-0.2, 0) is 71.8 Å². The molecule has 0 bridgehead atoms. The molecule has 2 aromatic rings. The summed E-state index contributed by atoms with van der Waals surface area (Å²) in [5.74, 6) is -2.28. The van der Waals surface area contributed by atoms with Crippen LogP contribution in [0.15, 0.2) is 30.5 Å². The van der Waals surface area contributed by atoms with Gasteiger partial charge in [0.1, 0.15) is 6.61 Å². The van der Waals surface area contributed by atoms with E-state index >= 15 is 0 Å². The van der Waals surface area contributed by atoms with Gasteiger partial charge in [0.2, 0.25) is 5.91 Å². The number of nitrogens with two attached hydrogens (primary N) is 1. The maximum absolute atomic E-state index is 13.6. The van der Waals surface area contributed by atoms with Crippen molar-refractivity contribution < 1.29 is 57.2 Å². The number of hydrogen-bond acceptors (Lipinski definition) is 14. The van der Waals surface area contributed by atoms with Gasteiger partial charge in [-0.3, -0.25) is 19.2 Å². The second-order valence-corrected chi connectivity index (χ2v) is 17.5. The Bertz CT molecular complexity index is 1670. The van der Waals surface area contributed by atoms with Crippen LogP contribution in [0.2, 0.25) is 0 Å². The number of carbonyl (C=O) groups excluding carboxylic acids is 6. The van der Waals surface area contributed by atoms with Crippen molar-refractivity contribution in [2.45, 2.75) is 78.3 Å². The first-order valence-electron chi connectivity index (χ1n) is 21.7. The first kappa shape index (κ1) is 53.2. The van der Waals surface area contributed by atoms with Gasteiger partial charge in [0.15, 0.2) is 11.6 Å². The van der Waals surface area contributed by atoms with Crippen molar-refractivity contribution in [2.75, 3.05) is 96.1 Å². The van der Waals surface area contributed by atoms with E-state index in [-0.39, 0.29) is 87.4 Å². The van der Waals surface area contributed by atoms with Crippen molar-refractivity contribution >= 4 is 62.3 Å². The van der Waals surface area contributed by atoms with E-state index in [0.29, 0.717) is 88.6 Å². The van der Waals surface area contributed by atoms with E-state index in [2.05, 4.69) is 29.8 Å². The van der Waals surface area contributed by atoms with E-state index in [1.165, 1.54) is 7.11 Å².